The predicted molar refractivity (Wildman–Crippen MR) is 65.2 cm³/mol. The van der Waals surface area contributed by atoms with Gasteiger partial charge in [0.25, 0.3) is 0 Å². The van der Waals surface area contributed by atoms with Crippen molar-refractivity contribution in [3.63, 3.8) is 0 Å². The first kappa shape index (κ1) is 14.4. The van der Waals surface area contributed by atoms with Gasteiger partial charge in [0.15, 0.2) is 0 Å². The molecule has 6 nitrogen and oxygen atoms in total. The molecule has 2 unspecified atom stereocenters. The third-order valence-electron chi connectivity index (χ3n) is 2.77. The van der Waals surface area contributed by atoms with Crippen molar-refractivity contribution in [3.8, 4) is 0 Å². The molecule has 100 valence electrons. The minimum atomic E-state index is -0.561. The highest BCUT2D eigenvalue weighted by Gasteiger charge is 2.35. The molecule has 0 aliphatic heterocycles. The van der Waals surface area contributed by atoms with Gasteiger partial charge in [-0.25, -0.2) is 4.79 Å². The summed E-state index contributed by atoms with van der Waals surface area (Å²) in [7, 11) is 0. The molecule has 0 saturated heterocycles. The van der Waals surface area contributed by atoms with Crippen LogP contribution in [0, 0.1) is 5.92 Å². The van der Waals surface area contributed by atoms with Crippen molar-refractivity contribution in [3.05, 3.63) is 5.53 Å². The van der Waals surface area contributed by atoms with Gasteiger partial charge in [0, 0.05) is 12.0 Å². The SMILES string of the molecule is CC(C)(C)OC(=O)NC1CCCC1C(=O)C=[N+]=[N-]. The van der Waals surface area contributed by atoms with Crippen LogP contribution in [0.3, 0.4) is 0 Å². The Morgan fingerprint density at radius 2 is 2.06 bits per heavy atom. The van der Waals surface area contributed by atoms with E-state index in [0.29, 0.717) is 6.42 Å². The topological polar surface area (TPSA) is 91.8 Å². The van der Waals surface area contributed by atoms with Crippen molar-refractivity contribution in [2.75, 3.05) is 0 Å². The van der Waals surface area contributed by atoms with Crippen molar-refractivity contribution in [2.45, 2.75) is 51.7 Å². The number of ketones is 1. The molecule has 0 aromatic carbocycles. The summed E-state index contributed by atoms with van der Waals surface area (Å²) in [5, 5.41) is 2.70. The molecule has 1 rings (SSSR count). The first-order valence-electron chi connectivity index (χ1n) is 6.04. The number of hydrogen-bond acceptors (Lipinski definition) is 3. The largest absolute Gasteiger partial charge is 0.444 e. The molecule has 1 N–H and O–H groups in total. The van der Waals surface area contributed by atoms with E-state index < -0.39 is 11.7 Å². The van der Waals surface area contributed by atoms with Crippen LogP contribution >= 0.6 is 0 Å². The fourth-order valence-corrected chi connectivity index (χ4v) is 2.08. The number of amides is 1. The highest BCUT2D eigenvalue weighted by atomic mass is 16.6. The molecule has 0 heterocycles. The molecule has 2 atom stereocenters. The average Bonchev–Trinajstić information content (AvgIpc) is 2.62. The highest BCUT2D eigenvalue weighted by molar-refractivity contribution is 6.26. The van der Waals surface area contributed by atoms with Crippen molar-refractivity contribution in [1.82, 2.24) is 5.32 Å². The molecule has 0 aromatic heterocycles. The Kier molecular flexibility index (Phi) is 4.62. The van der Waals surface area contributed by atoms with Gasteiger partial charge in [0.05, 0.1) is 0 Å². The van der Waals surface area contributed by atoms with Crippen LogP contribution in [0.4, 0.5) is 4.79 Å². The van der Waals surface area contributed by atoms with E-state index in [9.17, 15) is 9.59 Å². The first-order valence-corrected chi connectivity index (χ1v) is 6.04. The van der Waals surface area contributed by atoms with Gasteiger partial charge in [-0.2, -0.15) is 4.79 Å². The number of ether oxygens (including phenoxy) is 1. The van der Waals surface area contributed by atoms with Crippen LogP contribution in [0.1, 0.15) is 40.0 Å². The Balaban J connectivity index is 2.58. The smallest absolute Gasteiger partial charge is 0.407 e. The summed E-state index contributed by atoms with van der Waals surface area (Å²) in [6, 6.07) is -0.245. The Hall–Kier alpha value is -1.68. The normalized spacial score (nSPS) is 23.1. The van der Waals surface area contributed by atoms with E-state index in [-0.39, 0.29) is 17.7 Å². The molecule has 0 spiro atoms. The van der Waals surface area contributed by atoms with Gasteiger partial charge in [-0.05, 0) is 33.6 Å². The lowest BCUT2D eigenvalue weighted by molar-refractivity contribution is -0.119. The average molecular weight is 253 g/mol. The maximum absolute atomic E-state index is 11.6. The van der Waals surface area contributed by atoms with Crippen LogP contribution < -0.4 is 5.32 Å². The summed E-state index contributed by atoms with van der Waals surface area (Å²) >= 11 is 0. The fourth-order valence-electron chi connectivity index (χ4n) is 2.08. The third kappa shape index (κ3) is 4.30. The van der Waals surface area contributed by atoms with Crippen molar-refractivity contribution >= 4 is 18.1 Å². The Morgan fingerprint density at radius 3 is 2.61 bits per heavy atom. The van der Waals surface area contributed by atoms with Crippen LogP contribution in [0.5, 0.6) is 0 Å². The van der Waals surface area contributed by atoms with Gasteiger partial charge >= 0.3 is 12.3 Å². The van der Waals surface area contributed by atoms with E-state index in [1.54, 1.807) is 20.8 Å². The summed E-state index contributed by atoms with van der Waals surface area (Å²) in [6.07, 6.45) is 2.64. The van der Waals surface area contributed by atoms with Gasteiger partial charge in [-0.3, -0.25) is 4.79 Å². The molecule has 1 aliphatic carbocycles. The van der Waals surface area contributed by atoms with Crippen LogP contribution in [0.15, 0.2) is 0 Å². The van der Waals surface area contributed by atoms with Crippen molar-refractivity contribution in [1.29, 1.82) is 0 Å². The molecule has 1 fully saturated rings. The molecular weight excluding hydrogens is 234 g/mol. The number of Topliss-reactive ketones (excluding diaryl/α,β-unsaturated/α-hetero) is 1. The molecule has 0 bridgehead atoms. The second-order valence-corrected chi connectivity index (χ2v) is 5.44. The third-order valence-corrected chi connectivity index (χ3v) is 2.77. The molecule has 1 aliphatic rings. The van der Waals surface area contributed by atoms with Gasteiger partial charge in [-0.1, -0.05) is 6.42 Å². The molecule has 1 amide bonds. The maximum atomic E-state index is 11.6. The number of nitrogens with one attached hydrogen (secondary N) is 1. The second kappa shape index (κ2) is 5.78. The number of nitrogens with zero attached hydrogens (tertiary/aromatic N) is 2. The molecule has 6 heteroatoms. The zero-order chi connectivity index (χ0) is 13.8. The van der Waals surface area contributed by atoms with Gasteiger partial charge in [0.1, 0.15) is 5.60 Å². The van der Waals surface area contributed by atoms with E-state index in [2.05, 4.69) is 10.1 Å². The summed E-state index contributed by atoms with van der Waals surface area (Å²) in [5.41, 5.74) is 7.79. The summed E-state index contributed by atoms with van der Waals surface area (Å²) in [4.78, 5) is 26.0. The monoisotopic (exact) mass is 253 g/mol. The molecular formula is C12H19N3O3. The van der Waals surface area contributed by atoms with Gasteiger partial charge in [-0.15, -0.1) is 0 Å². The lowest BCUT2D eigenvalue weighted by Crippen LogP contribution is -2.43. The first-order chi connectivity index (χ1) is 8.33. The van der Waals surface area contributed by atoms with Crippen LogP contribution in [-0.2, 0) is 9.53 Å². The van der Waals surface area contributed by atoms with Crippen molar-refractivity contribution < 1.29 is 19.1 Å². The van der Waals surface area contributed by atoms with E-state index in [1.165, 1.54) is 0 Å². The summed E-state index contributed by atoms with van der Waals surface area (Å²) in [5.74, 6) is -0.593. The lowest BCUT2D eigenvalue weighted by Gasteiger charge is -2.23. The number of carbonyl (C=O) groups excluding carboxylic acids is 2. The Labute approximate surface area is 106 Å². The standard InChI is InChI=1S/C12H19N3O3/c1-12(2,3)18-11(17)15-9-6-4-5-8(9)10(16)7-14-13/h7-9H,4-6H2,1-3H3,(H,15,17). The van der Waals surface area contributed by atoms with Crippen molar-refractivity contribution in [2.24, 2.45) is 5.92 Å². The molecule has 0 radical (unpaired) electrons. The fraction of sp³-hybridized carbons (Fsp3) is 0.750. The van der Waals surface area contributed by atoms with Gasteiger partial charge < -0.3 is 15.6 Å². The minimum absolute atomic E-state index is 0.245. The zero-order valence-corrected chi connectivity index (χ0v) is 11.0. The lowest BCUT2D eigenvalue weighted by atomic mass is 9.99. The van der Waals surface area contributed by atoms with Crippen LogP contribution in [0.2, 0.25) is 0 Å². The predicted octanol–water partition coefficient (Wildman–Crippen LogP) is 1.55. The molecule has 1 saturated carbocycles. The van der Waals surface area contributed by atoms with Crippen LogP contribution in [-0.4, -0.2) is 34.5 Å². The van der Waals surface area contributed by atoms with E-state index >= 15 is 0 Å². The summed E-state index contributed by atoms with van der Waals surface area (Å²) in [6.45, 7) is 5.34. The highest BCUT2D eigenvalue weighted by Crippen LogP contribution is 2.26. The molecule has 0 aromatic rings. The van der Waals surface area contributed by atoms with Gasteiger partial charge in [0.2, 0.25) is 5.78 Å². The second-order valence-electron chi connectivity index (χ2n) is 5.44. The van der Waals surface area contributed by atoms with E-state index in [4.69, 9.17) is 10.3 Å². The minimum Gasteiger partial charge on any atom is -0.444 e. The number of hydrogen-bond donors (Lipinski definition) is 1. The van der Waals surface area contributed by atoms with E-state index in [1.807, 2.05) is 0 Å². The molecule has 18 heavy (non-hydrogen) atoms. The van der Waals surface area contributed by atoms with E-state index in [0.717, 1.165) is 19.1 Å². The summed E-state index contributed by atoms with van der Waals surface area (Å²) < 4.78 is 5.14. The quantitative estimate of drug-likeness (QED) is 0.470. The zero-order valence-electron chi connectivity index (χ0n) is 11.0. The number of alkyl carbamates (subject to hydrolysis) is 1. The number of carbonyl (C=O) groups is 2. The Bertz CT molecular complexity index is 381. The maximum Gasteiger partial charge on any atom is 0.407 e. The van der Waals surface area contributed by atoms with Crippen LogP contribution in [0.25, 0.3) is 5.53 Å². The number of rotatable bonds is 3. The Morgan fingerprint density at radius 1 is 1.39 bits per heavy atom.